The summed E-state index contributed by atoms with van der Waals surface area (Å²) < 4.78 is 0. The van der Waals surface area contributed by atoms with E-state index in [4.69, 9.17) is 5.73 Å². The molecule has 1 aliphatic rings. The molecule has 6 nitrogen and oxygen atoms in total. The minimum Gasteiger partial charge on any atom is -0.368 e. The van der Waals surface area contributed by atoms with Crippen LogP contribution in [0.1, 0.15) is 45.0 Å². The molecular weight excluding hydrogens is 252 g/mol. The second kappa shape index (κ2) is 6.35. The molecule has 0 saturated carbocycles. The van der Waals surface area contributed by atoms with Crippen LogP contribution in [0, 0.1) is 5.92 Å². The summed E-state index contributed by atoms with van der Waals surface area (Å²) >= 11 is 0. The summed E-state index contributed by atoms with van der Waals surface area (Å²) in [6.07, 6.45) is 3.83. The van der Waals surface area contributed by atoms with Crippen molar-refractivity contribution in [2.24, 2.45) is 5.92 Å². The largest absolute Gasteiger partial charge is 0.368 e. The summed E-state index contributed by atoms with van der Waals surface area (Å²) in [4.78, 5) is 17.4. The average molecular weight is 278 g/mol. The SMILES string of the molecule is CC[C@@H]1CCCN([C@H](C)c2nc(N)nc(N(C)C)n2)C1. The Kier molecular flexibility index (Phi) is 4.75. The fourth-order valence-corrected chi connectivity index (χ4v) is 2.73. The Morgan fingerprint density at radius 3 is 2.75 bits per heavy atom. The van der Waals surface area contributed by atoms with E-state index in [0.29, 0.717) is 11.9 Å². The lowest BCUT2D eigenvalue weighted by Gasteiger charge is -2.35. The number of piperidine rings is 1. The Bertz CT molecular complexity index is 447. The maximum Gasteiger partial charge on any atom is 0.229 e. The highest BCUT2D eigenvalue weighted by Crippen LogP contribution is 2.27. The Morgan fingerprint density at radius 1 is 1.35 bits per heavy atom. The average Bonchev–Trinajstić information content (AvgIpc) is 2.45. The third-order valence-electron chi connectivity index (χ3n) is 4.11. The Morgan fingerprint density at radius 2 is 2.10 bits per heavy atom. The van der Waals surface area contributed by atoms with Crippen LogP contribution in [-0.2, 0) is 0 Å². The van der Waals surface area contributed by atoms with Crippen LogP contribution in [0.25, 0.3) is 0 Å². The monoisotopic (exact) mass is 278 g/mol. The van der Waals surface area contributed by atoms with Gasteiger partial charge in [0.05, 0.1) is 6.04 Å². The van der Waals surface area contributed by atoms with Crippen LogP contribution in [0.5, 0.6) is 0 Å². The number of likely N-dealkylation sites (tertiary alicyclic amines) is 1. The van der Waals surface area contributed by atoms with Crippen LogP contribution in [0.15, 0.2) is 0 Å². The molecular formula is C14H26N6. The first kappa shape index (κ1) is 15.0. The molecule has 1 aromatic heterocycles. The van der Waals surface area contributed by atoms with Gasteiger partial charge in [-0.25, -0.2) is 0 Å². The van der Waals surface area contributed by atoms with E-state index in [1.807, 2.05) is 19.0 Å². The minimum absolute atomic E-state index is 0.188. The Balaban J connectivity index is 2.17. The number of hydrogen-bond acceptors (Lipinski definition) is 6. The van der Waals surface area contributed by atoms with Crippen molar-refractivity contribution in [2.45, 2.75) is 39.2 Å². The lowest BCUT2D eigenvalue weighted by molar-refractivity contribution is 0.125. The lowest BCUT2D eigenvalue weighted by Crippen LogP contribution is -2.38. The third-order valence-corrected chi connectivity index (χ3v) is 4.11. The van der Waals surface area contributed by atoms with Gasteiger partial charge in [-0.3, -0.25) is 4.90 Å². The topological polar surface area (TPSA) is 71.2 Å². The van der Waals surface area contributed by atoms with Crippen LogP contribution in [-0.4, -0.2) is 47.0 Å². The van der Waals surface area contributed by atoms with E-state index in [9.17, 15) is 0 Å². The van der Waals surface area contributed by atoms with Gasteiger partial charge in [-0.05, 0) is 32.2 Å². The molecule has 1 saturated heterocycles. The smallest absolute Gasteiger partial charge is 0.229 e. The molecule has 20 heavy (non-hydrogen) atoms. The minimum atomic E-state index is 0.188. The van der Waals surface area contributed by atoms with E-state index >= 15 is 0 Å². The van der Waals surface area contributed by atoms with Gasteiger partial charge in [-0.15, -0.1) is 0 Å². The summed E-state index contributed by atoms with van der Waals surface area (Å²) in [5.41, 5.74) is 5.81. The zero-order valence-corrected chi connectivity index (χ0v) is 13.0. The second-order valence-corrected chi connectivity index (χ2v) is 5.83. The molecule has 0 unspecified atom stereocenters. The molecule has 0 bridgehead atoms. The molecule has 0 aromatic carbocycles. The first-order chi connectivity index (χ1) is 9.51. The van der Waals surface area contributed by atoms with Crippen LogP contribution >= 0.6 is 0 Å². The zero-order chi connectivity index (χ0) is 14.7. The molecule has 0 radical (unpaired) electrons. The standard InChI is InChI=1S/C14H26N6/c1-5-11-7-6-8-20(9-11)10(2)12-16-13(15)18-14(17-12)19(3)4/h10-11H,5-9H2,1-4H3,(H2,15,16,17,18)/t10-,11-/m1/s1. The molecule has 2 N–H and O–H groups in total. The van der Waals surface area contributed by atoms with Crippen LogP contribution in [0.4, 0.5) is 11.9 Å². The van der Waals surface area contributed by atoms with Crippen molar-refractivity contribution in [1.82, 2.24) is 19.9 Å². The van der Waals surface area contributed by atoms with Gasteiger partial charge in [-0.1, -0.05) is 13.3 Å². The number of nitrogens with two attached hydrogens (primary N) is 1. The summed E-state index contributed by atoms with van der Waals surface area (Å²) in [5.74, 6) is 2.50. The normalized spacial score (nSPS) is 21.7. The van der Waals surface area contributed by atoms with Gasteiger partial charge in [0.1, 0.15) is 0 Å². The van der Waals surface area contributed by atoms with Crippen molar-refractivity contribution in [2.75, 3.05) is 37.8 Å². The van der Waals surface area contributed by atoms with Crippen molar-refractivity contribution in [3.63, 3.8) is 0 Å². The van der Waals surface area contributed by atoms with E-state index in [2.05, 4.69) is 33.7 Å². The molecule has 112 valence electrons. The van der Waals surface area contributed by atoms with Crippen LogP contribution in [0.3, 0.4) is 0 Å². The molecule has 1 aromatic rings. The third kappa shape index (κ3) is 3.36. The van der Waals surface area contributed by atoms with E-state index in [1.54, 1.807) is 0 Å². The van der Waals surface area contributed by atoms with Gasteiger partial charge >= 0.3 is 0 Å². The zero-order valence-electron chi connectivity index (χ0n) is 13.0. The predicted octanol–water partition coefficient (Wildman–Crippen LogP) is 1.70. The highest BCUT2D eigenvalue weighted by Gasteiger charge is 2.25. The first-order valence-electron chi connectivity index (χ1n) is 7.44. The second-order valence-electron chi connectivity index (χ2n) is 5.83. The number of nitrogen functional groups attached to an aromatic ring is 1. The van der Waals surface area contributed by atoms with Crippen molar-refractivity contribution >= 4 is 11.9 Å². The molecule has 2 heterocycles. The van der Waals surface area contributed by atoms with Gasteiger partial charge in [0, 0.05) is 20.6 Å². The fourth-order valence-electron chi connectivity index (χ4n) is 2.73. The van der Waals surface area contributed by atoms with Gasteiger partial charge in [0.2, 0.25) is 11.9 Å². The summed E-state index contributed by atoms with van der Waals surface area (Å²) in [7, 11) is 3.83. The molecule has 1 fully saturated rings. The number of hydrogen-bond donors (Lipinski definition) is 1. The summed E-state index contributed by atoms with van der Waals surface area (Å²) in [6.45, 7) is 6.66. The quantitative estimate of drug-likeness (QED) is 0.904. The van der Waals surface area contributed by atoms with Gasteiger partial charge in [0.15, 0.2) is 5.82 Å². The molecule has 0 amide bonds. The number of rotatable bonds is 4. The van der Waals surface area contributed by atoms with Gasteiger partial charge in [0.25, 0.3) is 0 Å². The van der Waals surface area contributed by atoms with Crippen molar-refractivity contribution in [3.8, 4) is 0 Å². The molecule has 0 spiro atoms. The van der Waals surface area contributed by atoms with Crippen molar-refractivity contribution < 1.29 is 0 Å². The van der Waals surface area contributed by atoms with Crippen molar-refractivity contribution in [1.29, 1.82) is 0 Å². The summed E-state index contributed by atoms with van der Waals surface area (Å²) in [6, 6.07) is 0.188. The maximum atomic E-state index is 5.81. The number of nitrogens with zero attached hydrogens (tertiary/aromatic N) is 5. The molecule has 0 aliphatic carbocycles. The first-order valence-corrected chi connectivity index (χ1v) is 7.44. The molecule has 6 heteroatoms. The van der Waals surface area contributed by atoms with E-state index < -0.39 is 0 Å². The molecule has 2 rings (SSSR count). The van der Waals surface area contributed by atoms with Crippen LogP contribution < -0.4 is 10.6 Å². The van der Waals surface area contributed by atoms with E-state index in [1.165, 1.54) is 19.3 Å². The van der Waals surface area contributed by atoms with E-state index in [-0.39, 0.29) is 6.04 Å². The van der Waals surface area contributed by atoms with Crippen LogP contribution in [0.2, 0.25) is 0 Å². The predicted molar refractivity (Wildman–Crippen MR) is 81.6 cm³/mol. The lowest BCUT2D eigenvalue weighted by atomic mass is 9.94. The number of aromatic nitrogens is 3. The van der Waals surface area contributed by atoms with E-state index in [0.717, 1.165) is 24.8 Å². The summed E-state index contributed by atoms with van der Waals surface area (Å²) in [5, 5.41) is 0. The molecule has 2 atom stereocenters. The molecule has 1 aliphatic heterocycles. The Hall–Kier alpha value is -1.43. The number of anilines is 2. The Labute approximate surface area is 121 Å². The highest BCUT2D eigenvalue weighted by molar-refractivity contribution is 5.33. The maximum absolute atomic E-state index is 5.81. The van der Waals surface area contributed by atoms with Crippen molar-refractivity contribution in [3.05, 3.63) is 5.82 Å². The van der Waals surface area contributed by atoms with Gasteiger partial charge in [-0.2, -0.15) is 15.0 Å². The van der Waals surface area contributed by atoms with Gasteiger partial charge < -0.3 is 10.6 Å². The highest BCUT2D eigenvalue weighted by atomic mass is 15.3. The fraction of sp³-hybridized carbons (Fsp3) is 0.786.